The van der Waals surface area contributed by atoms with Crippen molar-refractivity contribution in [3.05, 3.63) is 162 Å². The molecule has 1 aliphatic heterocycles. The van der Waals surface area contributed by atoms with E-state index < -0.39 is 0 Å². The number of hydrogen-bond donors (Lipinski definition) is 0. The van der Waals surface area contributed by atoms with Crippen LogP contribution in [0.5, 0.6) is 0 Å². The van der Waals surface area contributed by atoms with Gasteiger partial charge in [-0.1, -0.05) is 143 Å². The average Bonchev–Trinajstić information content (AvgIpc) is 3.21. The molecular formula is C54H53NS. The maximum Gasteiger partial charge on any atom is 0.0502 e. The van der Waals surface area contributed by atoms with Gasteiger partial charge in [0.05, 0.1) is 5.69 Å². The first kappa shape index (κ1) is 34.7. The summed E-state index contributed by atoms with van der Waals surface area (Å²) in [4.78, 5) is 5.54. The second-order valence-corrected chi connectivity index (χ2v) is 20.3. The van der Waals surface area contributed by atoms with Crippen molar-refractivity contribution < 1.29 is 0 Å². The van der Waals surface area contributed by atoms with Crippen LogP contribution in [0.25, 0.3) is 22.3 Å². The van der Waals surface area contributed by atoms with Crippen molar-refractivity contribution in [2.75, 3.05) is 4.90 Å². The summed E-state index contributed by atoms with van der Waals surface area (Å²) in [6, 6.07) is 53.5. The third-order valence-electron chi connectivity index (χ3n) is 15.1. The standard InChI is InChI=1S/C54H53NS/c1-52(2)27-28-53(3,4)51-46(52)18-12-19-47(51)55(42-23-21-38(22-24-42)37-13-7-5-8-14-37)43-25-26-45-49(34-43)56-48-20-11-17-44(39-15-9-6-10-16-39)50(48)54(45)40-30-35-29-36(32-40)33-41(54)31-35/h5-26,34-36,40-41H,27-33H2,1-4H3. The van der Waals surface area contributed by atoms with Crippen molar-refractivity contribution in [1.29, 1.82) is 0 Å². The van der Waals surface area contributed by atoms with Crippen molar-refractivity contribution >= 4 is 28.8 Å². The zero-order chi connectivity index (χ0) is 37.8. The van der Waals surface area contributed by atoms with E-state index in [1.54, 1.807) is 11.1 Å². The minimum absolute atomic E-state index is 0.0500. The monoisotopic (exact) mass is 747 g/mol. The summed E-state index contributed by atoms with van der Waals surface area (Å²) in [6.45, 7) is 9.85. The van der Waals surface area contributed by atoms with Crippen LogP contribution in [0, 0.1) is 23.7 Å². The maximum absolute atomic E-state index is 2.61. The quantitative estimate of drug-likeness (QED) is 0.173. The summed E-state index contributed by atoms with van der Waals surface area (Å²) in [5.41, 5.74) is 15.6. The van der Waals surface area contributed by atoms with E-state index in [1.165, 1.54) is 105 Å². The fourth-order valence-electron chi connectivity index (χ4n) is 12.8. The molecule has 56 heavy (non-hydrogen) atoms. The number of rotatable bonds is 5. The topological polar surface area (TPSA) is 3.24 Å². The molecule has 6 aliphatic rings. The fourth-order valence-corrected chi connectivity index (χ4v) is 14.0. The molecule has 1 heterocycles. The molecule has 0 radical (unpaired) electrons. The smallest absolute Gasteiger partial charge is 0.0502 e. The molecule has 2 heteroatoms. The molecule has 1 nitrogen and oxygen atoms in total. The molecule has 4 saturated carbocycles. The Bertz CT molecular complexity index is 2430. The summed E-state index contributed by atoms with van der Waals surface area (Å²) >= 11 is 2.03. The van der Waals surface area contributed by atoms with Gasteiger partial charge < -0.3 is 4.90 Å². The van der Waals surface area contributed by atoms with Crippen molar-refractivity contribution in [3.8, 4) is 22.3 Å². The van der Waals surface area contributed by atoms with Gasteiger partial charge in [-0.15, -0.1) is 0 Å². The zero-order valence-electron chi connectivity index (χ0n) is 33.4. The van der Waals surface area contributed by atoms with Gasteiger partial charge in [-0.05, 0) is 160 Å². The summed E-state index contributed by atoms with van der Waals surface area (Å²) in [5, 5.41) is 0. The molecule has 0 amide bonds. The van der Waals surface area contributed by atoms with Gasteiger partial charge in [-0.2, -0.15) is 0 Å². The Morgan fingerprint density at radius 3 is 1.79 bits per heavy atom. The van der Waals surface area contributed by atoms with Crippen LogP contribution in [-0.2, 0) is 16.2 Å². The Labute approximate surface area is 338 Å². The lowest BCUT2D eigenvalue weighted by molar-refractivity contribution is -0.0441. The van der Waals surface area contributed by atoms with Crippen molar-refractivity contribution in [3.63, 3.8) is 0 Å². The molecule has 0 saturated heterocycles. The highest BCUT2D eigenvalue weighted by Gasteiger charge is 2.61. The Balaban J connectivity index is 1.12. The number of fused-ring (bicyclic) bond motifs is 3. The van der Waals surface area contributed by atoms with Crippen LogP contribution < -0.4 is 4.90 Å². The molecule has 6 aromatic rings. The van der Waals surface area contributed by atoms with E-state index in [1.807, 2.05) is 11.8 Å². The van der Waals surface area contributed by atoms with E-state index in [2.05, 4.69) is 172 Å². The molecule has 280 valence electrons. The van der Waals surface area contributed by atoms with Gasteiger partial charge in [0.1, 0.15) is 0 Å². The molecule has 0 atom stereocenters. The molecule has 5 aliphatic carbocycles. The first-order valence-electron chi connectivity index (χ1n) is 21.3. The van der Waals surface area contributed by atoms with Crippen LogP contribution in [0.2, 0.25) is 0 Å². The third-order valence-corrected chi connectivity index (χ3v) is 16.3. The van der Waals surface area contributed by atoms with Gasteiger partial charge in [0.25, 0.3) is 0 Å². The number of nitrogens with zero attached hydrogens (tertiary/aromatic N) is 1. The van der Waals surface area contributed by atoms with Gasteiger partial charge in [0.2, 0.25) is 0 Å². The molecular weight excluding hydrogens is 695 g/mol. The molecule has 4 bridgehead atoms. The van der Waals surface area contributed by atoms with Crippen LogP contribution in [0.1, 0.15) is 94.9 Å². The van der Waals surface area contributed by atoms with Gasteiger partial charge in [-0.3, -0.25) is 0 Å². The molecule has 4 fully saturated rings. The van der Waals surface area contributed by atoms with Crippen molar-refractivity contribution in [1.82, 2.24) is 0 Å². The SMILES string of the molecule is CC1(C)CCC(C)(C)c2c(N(c3ccc(-c4ccccc4)cc3)c3ccc4c(c3)Sc3cccc(-c5ccccc5)c3C43C4CC5CC(C4)CC3C5)cccc21. The highest BCUT2D eigenvalue weighted by Crippen LogP contribution is 2.70. The van der Waals surface area contributed by atoms with Crippen molar-refractivity contribution in [2.24, 2.45) is 23.7 Å². The molecule has 0 N–H and O–H groups in total. The Kier molecular flexibility index (Phi) is 7.89. The van der Waals surface area contributed by atoms with Gasteiger partial charge in [0.15, 0.2) is 0 Å². The predicted molar refractivity (Wildman–Crippen MR) is 236 cm³/mol. The summed E-state index contributed by atoms with van der Waals surface area (Å²) in [7, 11) is 0. The van der Waals surface area contributed by atoms with E-state index in [-0.39, 0.29) is 16.2 Å². The summed E-state index contributed by atoms with van der Waals surface area (Å²) < 4.78 is 0. The Morgan fingerprint density at radius 2 is 1.09 bits per heavy atom. The molecule has 0 aromatic heterocycles. The number of anilines is 3. The van der Waals surface area contributed by atoms with Crippen LogP contribution in [-0.4, -0.2) is 0 Å². The largest absolute Gasteiger partial charge is 0.310 e. The third kappa shape index (κ3) is 5.20. The van der Waals surface area contributed by atoms with Crippen molar-refractivity contribution in [2.45, 2.75) is 98.7 Å². The van der Waals surface area contributed by atoms with Gasteiger partial charge in [0, 0.05) is 26.6 Å². The second-order valence-electron chi connectivity index (χ2n) is 19.2. The molecule has 12 rings (SSSR count). The second kappa shape index (κ2) is 12.7. The van der Waals surface area contributed by atoms with Gasteiger partial charge >= 0.3 is 0 Å². The van der Waals surface area contributed by atoms with Gasteiger partial charge in [-0.25, -0.2) is 0 Å². The lowest BCUT2D eigenvalue weighted by Crippen LogP contribution is -2.57. The van der Waals surface area contributed by atoms with E-state index in [0.29, 0.717) is 11.8 Å². The minimum atomic E-state index is 0.0500. The molecule has 1 spiro atoms. The first-order valence-corrected chi connectivity index (χ1v) is 22.1. The lowest BCUT2D eigenvalue weighted by atomic mass is 9.41. The normalized spacial score (nSPS) is 26.0. The van der Waals surface area contributed by atoms with E-state index in [4.69, 9.17) is 0 Å². The Hall–Kier alpha value is -4.53. The molecule has 6 aromatic carbocycles. The zero-order valence-corrected chi connectivity index (χ0v) is 34.2. The van der Waals surface area contributed by atoms with E-state index in [0.717, 1.165) is 11.8 Å². The maximum atomic E-state index is 2.61. The number of benzene rings is 6. The number of hydrogen-bond acceptors (Lipinski definition) is 2. The lowest BCUT2D eigenvalue weighted by Gasteiger charge is -2.63. The first-order chi connectivity index (χ1) is 27.2. The van der Waals surface area contributed by atoms with Crippen LogP contribution in [0.4, 0.5) is 17.1 Å². The summed E-state index contributed by atoms with van der Waals surface area (Å²) in [5.74, 6) is 3.19. The highest BCUT2D eigenvalue weighted by molar-refractivity contribution is 7.99. The average molecular weight is 748 g/mol. The fraction of sp³-hybridized carbons (Fsp3) is 0.333. The summed E-state index contributed by atoms with van der Waals surface area (Å²) in [6.07, 6.45) is 9.35. The Morgan fingerprint density at radius 1 is 0.482 bits per heavy atom. The molecule has 0 unspecified atom stereocenters. The van der Waals surface area contributed by atoms with Crippen LogP contribution in [0.15, 0.2) is 149 Å². The van der Waals surface area contributed by atoms with E-state index in [9.17, 15) is 0 Å². The van der Waals surface area contributed by atoms with Crippen LogP contribution in [0.3, 0.4) is 0 Å². The predicted octanol–water partition coefficient (Wildman–Crippen LogP) is 15.0. The van der Waals surface area contributed by atoms with E-state index >= 15 is 0 Å². The minimum Gasteiger partial charge on any atom is -0.310 e. The highest BCUT2D eigenvalue weighted by atomic mass is 32.2. The van der Waals surface area contributed by atoms with Crippen LogP contribution >= 0.6 is 11.8 Å².